The summed E-state index contributed by atoms with van der Waals surface area (Å²) in [5.41, 5.74) is 0. The number of rotatable bonds is 3. The SMILES string of the molecule is O=C(O)C(O)C(O)C(=O)O.[H-].[H-].[K+].[K+]. The van der Waals surface area contributed by atoms with E-state index in [1.807, 2.05) is 0 Å². The van der Waals surface area contributed by atoms with Gasteiger partial charge in [-0.25, -0.2) is 9.59 Å². The van der Waals surface area contributed by atoms with Crippen molar-refractivity contribution in [1.82, 2.24) is 0 Å². The quantitative estimate of drug-likeness (QED) is 0.358. The zero-order valence-corrected chi connectivity index (χ0v) is 13.0. The van der Waals surface area contributed by atoms with Crippen molar-refractivity contribution in [2.45, 2.75) is 12.2 Å². The van der Waals surface area contributed by atoms with Crippen molar-refractivity contribution in [3.63, 3.8) is 0 Å². The van der Waals surface area contributed by atoms with Crippen LogP contribution < -0.4 is 103 Å². The van der Waals surface area contributed by atoms with Crippen molar-refractivity contribution in [2.24, 2.45) is 0 Å². The molecule has 0 aromatic carbocycles. The zero-order chi connectivity index (χ0) is 8.31. The molecular weight excluding hydrogens is 222 g/mol. The minimum Gasteiger partial charge on any atom is -1.00 e. The second kappa shape index (κ2) is 9.68. The molecule has 0 heterocycles. The van der Waals surface area contributed by atoms with Crippen molar-refractivity contribution >= 4 is 11.9 Å². The van der Waals surface area contributed by atoms with Gasteiger partial charge in [-0.15, -0.1) is 0 Å². The maximum Gasteiger partial charge on any atom is 1.00 e. The van der Waals surface area contributed by atoms with Crippen LogP contribution in [0, 0.1) is 0 Å². The molecule has 0 aliphatic rings. The summed E-state index contributed by atoms with van der Waals surface area (Å²) in [6, 6.07) is 0. The number of hydrogen-bond donors (Lipinski definition) is 4. The van der Waals surface area contributed by atoms with Gasteiger partial charge in [0.15, 0.2) is 12.2 Å². The minimum absolute atomic E-state index is 0. The molecule has 12 heavy (non-hydrogen) atoms. The van der Waals surface area contributed by atoms with E-state index in [2.05, 4.69) is 0 Å². The first-order chi connectivity index (χ1) is 4.46. The van der Waals surface area contributed by atoms with Gasteiger partial charge in [0.05, 0.1) is 0 Å². The van der Waals surface area contributed by atoms with E-state index in [4.69, 9.17) is 20.4 Å². The van der Waals surface area contributed by atoms with Gasteiger partial charge in [0.25, 0.3) is 0 Å². The molecule has 0 aliphatic heterocycles. The van der Waals surface area contributed by atoms with Crippen LogP contribution in [0.4, 0.5) is 0 Å². The van der Waals surface area contributed by atoms with Crippen LogP contribution >= 0.6 is 0 Å². The Morgan fingerprint density at radius 3 is 1.17 bits per heavy atom. The van der Waals surface area contributed by atoms with Crippen molar-refractivity contribution in [2.75, 3.05) is 0 Å². The summed E-state index contributed by atoms with van der Waals surface area (Å²) < 4.78 is 0. The van der Waals surface area contributed by atoms with Crippen LogP contribution in [-0.4, -0.2) is 44.6 Å². The Labute approximate surface area is 156 Å². The maximum absolute atomic E-state index is 9.77. The third kappa shape index (κ3) is 7.53. The van der Waals surface area contributed by atoms with Crippen LogP contribution in [0.15, 0.2) is 0 Å². The molecule has 0 amide bonds. The number of aliphatic hydroxyl groups is 2. The van der Waals surface area contributed by atoms with Gasteiger partial charge >= 0.3 is 115 Å². The Bertz CT molecular complexity index is 150. The van der Waals surface area contributed by atoms with Gasteiger partial charge in [-0.05, 0) is 0 Å². The number of aliphatic hydroxyl groups excluding tert-OH is 2. The molecule has 0 fully saturated rings. The van der Waals surface area contributed by atoms with E-state index >= 15 is 0 Å². The number of carbonyl (C=O) groups is 2. The number of aliphatic carboxylic acids is 2. The first kappa shape index (κ1) is 19.7. The Hall–Kier alpha value is 2.13. The third-order valence-corrected chi connectivity index (χ3v) is 0.805. The normalized spacial score (nSPS) is 13.2. The van der Waals surface area contributed by atoms with E-state index in [0.29, 0.717) is 0 Å². The molecule has 4 N–H and O–H groups in total. The molecule has 2 unspecified atom stereocenters. The topological polar surface area (TPSA) is 115 Å². The molecule has 0 aromatic rings. The standard InChI is InChI=1S/C4H6O6.2K.2H/c5-1(3(7)8)2(6)4(9)10;;;;/h1-2,5-6H,(H,7,8)(H,9,10);;;;/q;2*+1;2*-1. The number of carboxylic acids is 2. The van der Waals surface area contributed by atoms with Crippen molar-refractivity contribution in [3.05, 3.63) is 0 Å². The molecule has 0 spiro atoms. The van der Waals surface area contributed by atoms with E-state index in [0.717, 1.165) is 0 Å². The van der Waals surface area contributed by atoms with E-state index in [1.54, 1.807) is 0 Å². The third-order valence-electron chi connectivity index (χ3n) is 0.805. The van der Waals surface area contributed by atoms with Gasteiger partial charge in [0.2, 0.25) is 0 Å². The van der Waals surface area contributed by atoms with Gasteiger partial charge in [0, 0.05) is 0 Å². The van der Waals surface area contributed by atoms with Gasteiger partial charge in [0.1, 0.15) is 0 Å². The van der Waals surface area contributed by atoms with Crippen LogP contribution in [0.1, 0.15) is 2.85 Å². The summed E-state index contributed by atoms with van der Waals surface area (Å²) in [6.07, 6.45) is -4.53. The smallest absolute Gasteiger partial charge is 1.00 e. The predicted octanol–water partition coefficient (Wildman–Crippen LogP) is -7.89. The fourth-order valence-corrected chi connectivity index (χ4v) is 0.270. The van der Waals surface area contributed by atoms with E-state index < -0.39 is 24.1 Å². The molecule has 8 heteroatoms. The first-order valence-corrected chi connectivity index (χ1v) is 2.28. The zero-order valence-electron chi connectivity index (χ0n) is 8.76. The van der Waals surface area contributed by atoms with Crippen LogP contribution in [0.2, 0.25) is 0 Å². The molecular formula is C4H8K2O6. The summed E-state index contributed by atoms with van der Waals surface area (Å²) in [4.78, 5) is 19.5. The van der Waals surface area contributed by atoms with Crippen molar-refractivity contribution < 1.29 is 136 Å². The molecule has 0 aliphatic carbocycles. The van der Waals surface area contributed by atoms with Crippen molar-refractivity contribution in [3.8, 4) is 0 Å². The summed E-state index contributed by atoms with van der Waals surface area (Å²) >= 11 is 0. The Morgan fingerprint density at radius 1 is 0.917 bits per heavy atom. The average Bonchev–Trinajstić information content (AvgIpc) is 1.84. The van der Waals surface area contributed by atoms with Crippen LogP contribution in [0.3, 0.4) is 0 Å². The summed E-state index contributed by atoms with van der Waals surface area (Å²) in [5, 5.41) is 32.5. The fourth-order valence-electron chi connectivity index (χ4n) is 0.270. The molecule has 0 aromatic heterocycles. The Balaban J connectivity index is -0.0000000675. The van der Waals surface area contributed by atoms with Crippen LogP contribution in [0.5, 0.6) is 0 Å². The molecule has 0 saturated carbocycles. The Kier molecular flexibility index (Phi) is 15.9. The molecule has 2 atom stereocenters. The predicted molar refractivity (Wildman–Crippen MR) is 29.5 cm³/mol. The van der Waals surface area contributed by atoms with Crippen molar-refractivity contribution in [1.29, 1.82) is 0 Å². The molecule has 62 valence electrons. The minimum atomic E-state index is -2.27. The van der Waals surface area contributed by atoms with Gasteiger partial charge in [-0.2, -0.15) is 0 Å². The van der Waals surface area contributed by atoms with Gasteiger partial charge in [-0.1, -0.05) is 0 Å². The molecule has 0 saturated heterocycles. The van der Waals surface area contributed by atoms with Crippen LogP contribution in [0.25, 0.3) is 0 Å². The van der Waals surface area contributed by atoms with E-state index in [-0.39, 0.29) is 106 Å². The second-order valence-electron chi connectivity index (χ2n) is 1.57. The Morgan fingerprint density at radius 2 is 1.08 bits per heavy atom. The second-order valence-corrected chi connectivity index (χ2v) is 1.57. The van der Waals surface area contributed by atoms with E-state index in [9.17, 15) is 9.59 Å². The van der Waals surface area contributed by atoms with E-state index in [1.165, 1.54) is 0 Å². The average molecular weight is 230 g/mol. The summed E-state index contributed by atoms with van der Waals surface area (Å²) in [7, 11) is 0. The molecule has 6 nitrogen and oxygen atoms in total. The van der Waals surface area contributed by atoms with Gasteiger partial charge in [-0.3, -0.25) is 0 Å². The molecule has 0 radical (unpaired) electrons. The maximum atomic E-state index is 9.77. The fraction of sp³-hybridized carbons (Fsp3) is 0.500. The summed E-state index contributed by atoms with van der Waals surface area (Å²) in [5.74, 6) is -3.54. The monoisotopic (exact) mass is 230 g/mol. The molecule has 0 rings (SSSR count). The first-order valence-electron chi connectivity index (χ1n) is 2.28. The van der Waals surface area contributed by atoms with Crippen LogP contribution in [-0.2, 0) is 9.59 Å². The largest absolute Gasteiger partial charge is 1.00 e. The number of carboxylic acid groups (broad SMARTS) is 2. The van der Waals surface area contributed by atoms with Gasteiger partial charge < -0.3 is 23.3 Å². The summed E-state index contributed by atoms with van der Waals surface area (Å²) in [6.45, 7) is 0. The molecule has 0 bridgehead atoms. The number of hydrogen-bond acceptors (Lipinski definition) is 4.